The zero-order valence-electron chi connectivity index (χ0n) is 13.5. The molecule has 0 heterocycles. The lowest BCUT2D eigenvalue weighted by molar-refractivity contribution is -0.120. The van der Waals surface area contributed by atoms with Crippen LogP contribution < -0.4 is 5.32 Å². The van der Waals surface area contributed by atoms with Crippen molar-refractivity contribution in [2.24, 2.45) is 0 Å². The van der Waals surface area contributed by atoms with E-state index in [2.05, 4.69) is 24.4 Å². The molecule has 0 radical (unpaired) electrons. The van der Waals surface area contributed by atoms with Crippen LogP contribution >= 0.6 is 23.4 Å². The first-order chi connectivity index (χ1) is 11.0. The summed E-state index contributed by atoms with van der Waals surface area (Å²) in [5, 5.41) is 3.68. The van der Waals surface area contributed by atoms with Gasteiger partial charge in [-0.3, -0.25) is 4.79 Å². The van der Waals surface area contributed by atoms with Gasteiger partial charge in [-0.1, -0.05) is 41.9 Å². The highest BCUT2D eigenvalue weighted by atomic mass is 35.5. The second kappa shape index (κ2) is 8.99. The van der Waals surface area contributed by atoms with Gasteiger partial charge < -0.3 is 5.32 Å². The van der Waals surface area contributed by atoms with Crippen LogP contribution in [0.4, 0.5) is 0 Å². The molecule has 23 heavy (non-hydrogen) atoms. The lowest BCUT2D eigenvalue weighted by Crippen LogP contribution is -2.37. The Morgan fingerprint density at radius 1 is 1.09 bits per heavy atom. The number of hydrogen-bond acceptors (Lipinski definition) is 2. The largest absolute Gasteiger partial charge is 0.353 e. The van der Waals surface area contributed by atoms with Gasteiger partial charge in [0.2, 0.25) is 5.91 Å². The van der Waals surface area contributed by atoms with E-state index < -0.39 is 0 Å². The van der Waals surface area contributed by atoms with Crippen LogP contribution in [-0.4, -0.2) is 17.2 Å². The van der Waals surface area contributed by atoms with Gasteiger partial charge in [0.15, 0.2) is 0 Å². The third-order valence-corrected chi connectivity index (χ3v) is 4.96. The van der Waals surface area contributed by atoms with Crippen molar-refractivity contribution in [1.82, 2.24) is 5.32 Å². The molecule has 0 saturated carbocycles. The molecule has 1 N–H and O–H groups in total. The number of carbonyl (C=O) groups is 1. The van der Waals surface area contributed by atoms with Crippen molar-refractivity contribution in [2.45, 2.75) is 42.9 Å². The van der Waals surface area contributed by atoms with Crippen molar-refractivity contribution < 1.29 is 4.79 Å². The first-order valence-electron chi connectivity index (χ1n) is 7.81. The fraction of sp³-hybridized carbons (Fsp3) is 0.316. The summed E-state index contributed by atoms with van der Waals surface area (Å²) in [6, 6.07) is 18.1. The molecule has 1 amide bonds. The molecule has 0 unspecified atom stereocenters. The van der Waals surface area contributed by atoms with E-state index in [1.807, 2.05) is 49.4 Å². The molecule has 2 rings (SSSR count). The minimum atomic E-state index is -0.129. The maximum Gasteiger partial charge on any atom is 0.233 e. The molecule has 2 aromatic rings. The van der Waals surface area contributed by atoms with E-state index in [0.29, 0.717) is 5.02 Å². The number of carbonyl (C=O) groups excluding carboxylic acids is 1. The fourth-order valence-electron chi connectivity index (χ4n) is 2.23. The summed E-state index contributed by atoms with van der Waals surface area (Å²) < 4.78 is 0. The van der Waals surface area contributed by atoms with E-state index in [0.717, 1.165) is 17.7 Å². The van der Waals surface area contributed by atoms with Crippen LogP contribution in [0.25, 0.3) is 0 Å². The minimum Gasteiger partial charge on any atom is -0.353 e. The third kappa shape index (κ3) is 6.28. The first kappa shape index (κ1) is 17.9. The lowest BCUT2D eigenvalue weighted by Gasteiger charge is -2.17. The summed E-state index contributed by atoms with van der Waals surface area (Å²) in [4.78, 5) is 13.3. The van der Waals surface area contributed by atoms with Crippen molar-refractivity contribution >= 4 is 29.3 Å². The number of thioether (sulfide) groups is 1. The SMILES string of the molecule is C[C@@H](CCc1ccccc1)NC(=O)[C@@H](C)Sc1ccc(Cl)cc1. The molecular formula is C19H22ClNOS. The van der Waals surface area contributed by atoms with Crippen molar-refractivity contribution in [3.05, 3.63) is 65.2 Å². The molecule has 0 aliphatic carbocycles. The standard InChI is InChI=1S/C19H22ClNOS/c1-14(8-9-16-6-4-3-5-7-16)21-19(22)15(2)23-18-12-10-17(20)11-13-18/h3-7,10-15H,8-9H2,1-2H3,(H,21,22)/t14-,15+/m0/s1. The molecule has 2 aromatic carbocycles. The Morgan fingerprint density at radius 2 is 1.74 bits per heavy atom. The van der Waals surface area contributed by atoms with Gasteiger partial charge in [0.25, 0.3) is 0 Å². The summed E-state index contributed by atoms with van der Waals surface area (Å²) in [6.07, 6.45) is 1.91. The smallest absolute Gasteiger partial charge is 0.233 e. The van der Waals surface area contributed by atoms with Gasteiger partial charge in [0.05, 0.1) is 5.25 Å². The summed E-state index contributed by atoms with van der Waals surface area (Å²) in [5.41, 5.74) is 1.30. The molecule has 2 atom stereocenters. The molecule has 0 aliphatic rings. The molecule has 0 bridgehead atoms. The van der Waals surface area contributed by atoms with Crippen LogP contribution in [0.15, 0.2) is 59.5 Å². The van der Waals surface area contributed by atoms with Crippen LogP contribution in [0.1, 0.15) is 25.8 Å². The van der Waals surface area contributed by atoms with E-state index in [4.69, 9.17) is 11.6 Å². The molecular weight excluding hydrogens is 326 g/mol. The lowest BCUT2D eigenvalue weighted by atomic mass is 10.1. The molecule has 0 aromatic heterocycles. The Hall–Kier alpha value is -1.45. The third-order valence-electron chi connectivity index (χ3n) is 3.59. The first-order valence-corrected chi connectivity index (χ1v) is 9.07. The van der Waals surface area contributed by atoms with E-state index in [9.17, 15) is 4.79 Å². The summed E-state index contributed by atoms with van der Waals surface area (Å²) in [7, 11) is 0. The zero-order valence-corrected chi connectivity index (χ0v) is 15.0. The zero-order chi connectivity index (χ0) is 16.7. The van der Waals surface area contributed by atoms with E-state index in [-0.39, 0.29) is 17.2 Å². The van der Waals surface area contributed by atoms with Gasteiger partial charge >= 0.3 is 0 Å². The van der Waals surface area contributed by atoms with Gasteiger partial charge in [-0.2, -0.15) is 0 Å². The number of rotatable bonds is 7. The van der Waals surface area contributed by atoms with Gasteiger partial charge in [0, 0.05) is 16.0 Å². The van der Waals surface area contributed by atoms with E-state index >= 15 is 0 Å². The van der Waals surface area contributed by atoms with Crippen LogP contribution in [0.5, 0.6) is 0 Å². The van der Waals surface area contributed by atoms with Crippen molar-refractivity contribution in [2.75, 3.05) is 0 Å². The maximum absolute atomic E-state index is 12.3. The van der Waals surface area contributed by atoms with Gasteiger partial charge in [-0.15, -0.1) is 11.8 Å². The number of halogens is 1. The van der Waals surface area contributed by atoms with Gasteiger partial charge in [-0.05, 0) is 56.5 Å². The quantitative estimate of drug-likeness (QED) is 0.717. The van der Waals surface area contributed by atoms with Crippen molar-refractivity contribution in [3.63, 3.8) is 0 Å². The highest BCUT2D eigenvalue weighted by molar-refractivity contribution is 8.00. The van der Waals surface area contributed by atoms with Crippen LogP contribution in [0.2, 0.25) is 5.02 Å². The van der Waals surface area contributed by atoms with Gasteiger partial charge in [0.1, 0.15) is 0 Å². The number of hydrogen-bond donors (Lipinski definition) is 1. The second-order valence-electron chi connectivity index (χ2n) is 5.65. The highest BCUT2D eigenvalue weighted by Gasteiger charge is 2.16. The number of nitrogens with one attached hydrogen (secondary N) is 1. The van der Waals surface area contributed by atoms with E-state index in [1.165, 1.54) is 5.56 Å². The summed E-state index contributed by atoms with van der Waals surface area (Å²) in [6.45, 7) is 3.99. The monoisotopic (exact) mass is 347 g/mol. The highest BCUT2D eigenvalue weighted by Crippen LogP contribution is 2.24. The predicted octanol–water partition coefficient (Wildman–Crippen LogP) is 4.96. The molecule has 4 heteroatoms. The molecule has 0 saturated heterocycles. The molecule has 0 fully saturated rings. The van der Waals surface area contributed by atoms with Gasteiger partial charge in [-0.25, -0.2) is 0 Å². The molecule has 0 spiro atoms. The topological polar surface area (TPSA) is 29.1 Å². The molecule has 2 nitrogen and oxygen atoms in total. The Kier molecular flexibility index (Phi) is 7.00. The Bertz CT molecular complexity index is 615. The molecule has 0 aliphatic heterocycles. The Balaban J connectivity index is 1.77. The number of aryl methyl sites for hydroxylation is 1. The average molecular weight is 348 g/mol. The van der Waals surface area contributed by atoms with Crippen LogP contribution in [-0.2, 0) is 11.2 Å². The predicted molar refractivity (Wildman–Crippen MR) is 99.1 cm³/mol. The van der Waals surface area contributed by atoms with Crippen LogP contribution in [0, 0.1) is 0 Å². The van der Waals surface area contributed by atoms with Crippen molar-refractivity contribution in [1.29, 1.82) is 0 Å². The summed E-state index contributed by atoms with van der Waals surface area (Å²) in [5.74, 6) is 0.0745. The number of amides is 1. The maximum atomic E-state index is 12.3. The Labute approximate surface area is 147 Å². The van der Waals surface area contributed by atoms with E-state index in [1.54, 1.807) is 11.8 Å². The minimum absolute atomic E-state index is 0.0745. The van der Waals surface area contributed by atoms with Crippen molar-refractivity contribution in [3.8, 4) is 0 Å². The fourth-order valence-corrected chi connectivity index (χ4v) is 3.23. The second-order valence-corrected chi connectivity index (χ2v) is 7.50. The average Bonchev–Trinajstić information content (AvgIpc) is 2.56. The Morgan fingerprint density at radius 3 is 2.39 bits per heavy atom. The number of benzene rings is 2. The van der Waals surface area contributed by atoms with Crippen LogP contribution in [0.3, 0.4) is 0 Å². The molecule has 122 valence electrons. The normalized spacial score (nSPS) is 13.3. The summed E-state index contributed by atoms with van der Waals surface area (Å²) >= 11 is 7.42.